The Labute approximate surface area is 140 Å². The number of hydrogen-bond donors (Lipinski definition) is 4. The molecule has 0 aromatic heterocycles. The SMILES string of the molecule is CCC(O)CCC1C(O)CC(O)C1CCCCCCP(C)(=O)O. The molecule has 6 heteroatoms. The van der Waals surface area contributed by atoms with Crippen LogP contribution in [-0.2, 0) is 4.57 Å². The van der Waals surface area contributed by atoms with Crippen molar-refractivity contribution in [2.45, 2.75) is 83.0 Å². The van der Waals surface area contributed by atoms with Crippen molar-refractivity contribution in [3.05, 3.63) is 0 Å². The van der Waals surface area contributed by atoms with Gasteiger partial charge >= 0.3 is 0 Å². The average molecular weight is 350 g/mol. The van der Waals surface area contributed by atoms with E-state index >= 15 is 0 Å². The van der Waals surface area contributed by atoms with Crippen molar-refractivity contribution >= 4 is 7.37 Å². The molecule has 4 N–H and O–H groups in total. The topological polar surface area (TPSA) is 98.0 Å². The molecule has 0 amide bonds. The fourth-order valence-corrected chi connectivity index (χ4v) is 4.52. The Hall–Kier alpha value is 0.0700. The van der Waals surface area contributed by atoms with Gasteiger partial charge in [0.15, 0.2) is 7.37 Å². The van der Waals surface area contributed by atoms with Gasteiger partial charge in [-0.1, -0.05) is 26.2 Å². The number of rotatable bonds is 11. The van der Waals surface area contributed by atoms with Crippen LogP contribution in [0, 0.1) is 11.8 Å². The zero-order valence-electron chi connectivity index (χ0n) is 14.6. The number of hydrogen-bond acceptors (Lipinski definition) is 4. The molecule has 138 valence electrons. The number of unbranched alkanes of at least 4 members (excludes halogenated alkanes) is 3. The van der Waals surface area contributed by atoms with Crippen molar-refractivity contribution in [3.8, 4) is 0 Å². The lowest BCUT2D eigenvalue weighted by atomic mass is 9.84. The highest BCUT2D eigenvalue weighted by Crippen LogP contribution is 2.39. The summed E-state index contributed by atoms with van der Waals surface area (Å²) in [7, 11) is -2.88. The second-order valence-electron chi connectivity index (χ2n) is 7.31. The zero-order valence-corrected chi connectivity index (χ0v) is 15.5. The highest BCUT2D eigenvalue weighted by atomic mass is 31.2. The normalized spacial score (nSPS) is 31.9. The monoisotopic (exact) mass is 350 g/mol. The lowest BCUT2D eigenvalue weighted by Crippen LogP contribution is -2.23. The van der Waals surface area contributed by atoms with E-state index in [2.05, 4.69) is 0 Å². The van der Waals surface area contributed by atoms with Crippen LogP contribution in [0.15, 0.2) is 0 Å². The van der Waals surface area contributed by atoms with E-state index in [1.807, 2.05) is 6.92 Å². The highest BCUT2D eigenvalue weighted by molar-refractivity contribution is 7.57. The van der Waals surface area contributed by atoms with E-state index in [4.69, 9.17) is 0 Å². The lowest BCUT2D eigenvalue weighted by molar-refractivity contribution is 0.0818. The second-order valence-corrected chi connectivity index (χ2v) is 9.86. The van der Waals surface area contributed by atoms with Crippen molar-refractivity contribution in [2.75, 3.05) is 12.8 Å². The smallest absolute Gasteiger partial charge is 0.197 e. The van der Waals surface area contributed by atoms with Crippen LogP contribution in [0.5, 0.6) is 0 Å². The third kappa shape index (κ3) is 8.13. The molecular weight excluding hydrogens is 315 g/mol. The van der Waals surface area contributed by atoms with Crippen molar-refractivity contribution in [3.63, 3.8) is 0 Å². The van der Waals surface area contributed by atoms with Gasteiger partial charge in [0.2, 0.25) is 0 Å². The molecule has 1 aliphatic carbocycles. The fraction of sp³-hybridized carbons (Fsp3) is 1.00. The Kier molecular flexibility index (Phi) is 9.32. The first-order chi connectivity index (χ1) is 10.7. The van der Waals surface area contributed by atoms with E-state index in [-0.39, 0.29) is 17.9 Å². The molecule has 0 aliphatic heterocycles. The van der Waals surface area contributed by atoms with Gasteiger partial charge < -0.3 is 20.2 Å². The van der Waals surface area contributed by atoms with Crippen LogP contribution < -0.4 is 0 Å². The van der Waals surface area contributed by atoms with E-state index in [1.165, 1.54) is 6.66 Å². The largest absolute Gasteiger partial charge is 0.393 e. The maximum atomic E-state index is 11.2. The molecule has 6 unspecified atom stereocenters. The average Bonchev–Trinajstić information content (AvgIpc) is 2.72. The van der Waals surface area contributed by atoms with Crippen molar-refractivity contribution in [1.29, 1.82) is 0 Å². The summed E-state index contributed by atoms with van der Waals surface area (Å²) < 4.78 is 11.2. The molecule has 1 saturated carbocycles. The third-order valence-electron chi connectivity index (χ3n) is 5.19. The van der Waals surface area contributed by atoms with Crippen LogP contribution in [0.25, 0.3) is 0 Å². The molecule has 1 fully saturated rings. The van der Waals surface area contributed by atoms with Crippen LogP contribution in [0.1, 0.15) is 64.7 Å². The predicted molar refractivity (Wildman–Crippen MR) is 92.8 cm³/mol. The molecule has 0 bridgehead atoms. The summed E-state index contributed by atoms with van der Waals surface area (Å²) in [5, 5.41) is 30.0. The standard InChI is InChI=1S/C17H35O5P/c1-3-13(18)9-10-15-14(16(19)12-17(15)20)8-6-4-5-7-11-23(2,21)22/h13-20H,3-12H2,1-2H3,(H,21,22). The van der Waals surface area contributed by atoms with Gasteiger partial charge in [0.25, 0.3) is 0 Å². The highest BCUT2D eigenvalue weighted by Gasteiger charge is 2.40. The summed E-state index contributed by atoms with van der Waals surface area (Å²) >= 11 is 0. The van der Waals surface area contributed by atoms with E-state index in [0.29, 0.717) is 19.0 Å². The molecule has 0 aromatic rings. The van der Waals surface area contributed by atoms with Gasteiger partial charge in [0.05, 0.1) is 18.3 Å². The number of aliphatic hydroxyl groups is 3. The van der Waals surface area contributed by atoms with Gasteiger partial charge in [0.1, 0.15) is 0 Å². The van der Waals surface area contributed by atoms with Crippen molar-refractivity contribution < 1.29 is 24.8 Å². The van der Waals surface area contributed by atoms with Gasteiger partial charge in [-0.3, -0.25) is 4.57 Å². The summed E-state index contributed by atoms with van der Waals surface area (Å²) in [5.74, 6) is 0.198. The molecule has 23 heavy (non-hydrogen) atoms. The van der Waals surface area contributed by atoms with Crippen LogP contribution in [0.2, 0.25) is 0 Å². The molecule has 0 saturated heterocycles. The predicted octanol–water partition coefficient (Wildman–Crippen LogP) is 2.75. The van der Waals surface area contributed by atoms with Crippen LogP contribution in [0.4, 0.5) is 0 Å². The maximum Gasteiger partial charge on any atom is 0.197 e. The third-order valence-corrected chi connectivity index (χ3v) is 6.33. The molecule has 0 heterocycles. The summed E-state index contributed by atoms with van der Waals surface area (Å²) in [6, 6.07) is 0. The summed E-state index contributed by atoms with van der Waals surface area (Å²) in [6.45, 7) is 3.35. The lowest BCUT2D eigenvalue weighted by Gasteiger charge is -2.24. The molecule has 0 radical (unpaired) electrons. The van der Waals surface area contributed by atoms with Gasteiger partial charge in [0, 0.05) is 12.8 Å². The molecule has 1 rings (SSSR count). The Morgan fingerprint density at radius 1 is 1.04 bits per heavy atom. The van der Waals surface area contributed by atoms with E-state index in [1.54, 1.807) is 0 Å². The van der Waals surface area contributed by atoms with E-state index in [0.717, 1.165) is 44.9 Å². The Bertz CT molecular complexity index is 370. The molecular formula is C17H35O5P. The molecule has 1 aliphatic rings. The minimum absolute atomic E-state index is 0.0829. The molecule has 0 aromatic carbocycles. The van der Waals surface area contributed by atoms with Crippen molar-refractivity contribution in [2.24, 2.45) is 11.8 Å². The van der Waals surface area contributed by atoms with E-state index < -0.39 is 19.6 Å². The Morgan fingerprint density at radius 3 is 2.17 bits per heavy atom. The summed E-state index contributed by atoms with van der Waals surface area (Å²) in [4.78, 5) is 9.24. The van der Waals surface area contributed by atoms with E-state index in [9.17, 15) is 24.8 Å². The molecule has 0 spiro atoms. The van der Waals surface area contributed by atoms with Crippen molar-refractivity contribution in [1.82, 2.24) is 0 Å². The minimum Gasteiger partial charge on any atom is -0.393 e. The first kappa shape index (κ1) is 21.1. The Balaban J connectivity index is 2.30. The molecule has 6 atom stereocenters. The Morgan fingerprint density at radius 2 is 1.61 bits per heavy atom. The van der Waals surface area contributed by atoms with Crippen LogP contribution >= 0.6 is 7.37 Å². The zero-order chi connectivity index (χ0) is 17.5. The van der Waals surface area contributed by atoms with Crippen LogP contribution in [-0.4, -0.2) is 51.4 Å². The quantitative estimate of drug-likeness (QED) is 0.339. The molecule has 5 nitrogen and oxygen atoms in total. The summed E-state index contributed by atoms with van der Waals surface area (Å²) in [5.41, 5.74) is 0. The van der Waals surface area contributed by atoms with Gasteiger partial charge in [-0.2, -0.15) is 0 Å². The maximum absolute atomic E-state index is 11.2. The second kappa shape index (κ2) is 10.1. The van der Waals surface area contributed by atoms with Crippen LogP contribution in [0.3, 0.4) is 0 Å². The summed E-state index contributed by atoms with van der Waals surface area (Å²) in [6.07, 6.45) is 6.34. The first-order valence-corrected chi connectivity index (χ1v) is 11.4. The number of aliphatic hydroxyl groups excluding tert-OH is 3. The first-order valence-electron chi connectivity index (χ1n) is 9.08. The van der Waals surface area contributed by atoms with Gasteiger partial charge in [-0.15, -0.1) is 0 Å². The minimum atomic E-state index is -2.88. The van der Waals surface area contributed by atoms with Gasteiger partial charge in [-0.05, 0) is 50.4 Å². The fourth-order valence-electron chi connectivity index (χ4n) is 3.71. The van der Waals surface area contributed by atoms with Gasteiger partial charge in [-0.25, -0.2) is 0 Å².